The number of hydrogen-bond donors (Lipinski definition) is 0. The molecule has 0 amide bonds. The van der Waals surface area contributed by atoms with Crippen molar-refractivity contribution in [3.63, 3.8) is 0 Å². The van der Waals surface area contributed by atoms with Gasteiger partial charge in [-0.05, 0) is 48.4 Å². The summed E-state index contributed by atoms with van der Waals surface area (Å²) in [5.41, 5.74) is 2.98. The van der Waals surface area contributed by atoms with Gasteiger partial charge < -0.3 is 18.9 Å². The number of methoxy groups -OCH3 is 2. The standard InChI is InChI=1S/C27H32O6/c1-17(2)15-32-26(29)27(12-5-13-27)16-33-24-21(9-11-23(30-3)25(24)31-4)19-6-8-20-18(14-19)7-10-22(20)28/h6,8-9,11,14,17H,5,7,10,12-13,15-16H2,1-4H3. The third-order valence-electron chi connectivity index (χ3n) is 6.62. The molecule has 0 N–H and O–H groups in total. The van der Waals surface area contributed by atoms with Crippen molar-refractivity contribution in [2.75, 3.05) is 27.4 Å². The average molecular weight is 453 g/mol. The van der Waals surface area contributed by atoms with E-state index < -0.39 is 5.41 Å². The molecule has 176 valence electrons. The van der Waals surface area contributed by atoms with Crippen LogP contribution in [0.15, 0.2) is 30.3 Å². The van der Waals surface area contributed by atoms with Crippen LogP contribution in [0.2, 0.25) is 0 Å². The number of aryl methyl sites for hydroxylation is 1. The van der Waals surface area contributed by atoms with Gasteiger partial charge in [0, 0.05) is 17.5 Å². The Kier molecular flexibility index (Phi) is 6.63. The van der Waals surface area contributed by atoms with E-state index in [0.29, 0.717) is 30.3 Å². The number of esters is 1. The van der Waals surface area contributed by atoms with E-state index in [1.807, 2.05) is 44.2 Å². The van der Waals surface area contributed by atoms with E-state index in [9.17, 15) is 9.59 Å². The molecule has 6 heteroatoms. The molecular weight excluding hydrogens is 420 g/mol. The first-order chi connectivity index (χ1) is 15.9. The van der Waals surface area contributed by atoms with E-state index in [1.165, 1.54) is 0 Å². The van der Waals surface area contributed by atoms with Crippen molar-refractivity contribution in [2.24, 2.45) is 11.3 Å². The lowest BCUT2D eigenvalue weighted by molar-refractivity contribution is -0.165. The smallest absolute Gasteiger partial charge is 0.315 e. The van der Waals surface area contributed by atoms with Crippen molar-refractivity contribution in [3.05, 3.63) is 41.5 Å². The van der Waals surface area contributed by atoms with Gasteiger partial charge >= 0.3 is 5.97 Å². The number of fused-ring (bicyclic) bond motifs is 1. The number of hydrogen-bond acceptors (Lipinski definition) is 6. The maximum Gasteiger partial charge on any atom is 0.315 e. The molecule has 33 heavy (non-hydrogen) atoms. The van der Waals surface area contributed by atoms with Gasteiger partial charge in [0.15, 0.2) is 17.3 Å². The molecule has 1 saturated carbocycles. The Labute approximate surface area is 195 Å². The number of carbonyl (C=O) groups is 2. The topological polar surface area (TPSA) is 71.1 Å². The first kappa shape index (κ1) is 23.1. The van der Waals surface area contributed by atoms with Crippen molar-refractivity contribution in [2.45, 2.75) is 46.0 Å². The quantitative estimate of drug-likeness (QED) is 0.484. The van der Waals surface area contributed by atoms with Crippen LogP contribution in [0.5, 0.6) is 17.2 Å². The van der Waals surface area contributed by atoms with Crippen molar-refractivity contribution in [1.29, 1.82) is 0 Å². The summed E-state index contributed by atoms with van der Waals surface area (Å²) in [6.45, 7) is 4.66. The molecule has 0 spiro atoms. The second-order valence-electron chi connectivity index (χ2n) is 9.39. The van der Waals surface area contributed by atoms with E-state index >= 15 is 0 Å². The van der Waals surface area contributed by atoms with E-state index in [4.69, 9.17) is 18.9 Å². The molecule has 0 saturated heterocycles. The molecule has 1 fully saturated rings. The number of benzene rings is 2. The van der Waals surface area contributed by atoms with Crippen molar-refractivity contribution < 1.29 is 28.5 Å². The van der Waals surface area contributed by atoms with E-state index in [1.54, 1.807) is 14.2 Å². The van der Waals surface area contributed by atoms with Gasteiger partial charge in [0.05, 0.1) is 20.8 Å². The minimum absolute atomic E-state index is 0.187. The van der Waals surface area contributed by atoms with Crippen molar-refractivity contribution >= 4 is 11.8 Å². The predicted octanol–water partition coefficient (Wildman–Crippen LogP) is 5.25. The highest BCUT2D eigenvalue weighted by molar-refractivity contribution is 6.01. The van der Waals surface area contributed by atoms with Gasteiger partial charge in [-0.3, -0.25) is 9.59 Å². The molecule has 2 aliphatic rings. The molecular formula is C27H32O6. The Morgan fingerprint density at radius 2 is 1.76 bits per heavy atom. The zero-order valence-electron chi connectivity index (χ0n) is 19.9. The van der Waals surface area contributed by atoms with Gasteiger partial charge in [-0.15, -0.1) is 0 Å². The Morgan fingerprint density at radius 1 is 1.00 bits per heavy atom. The van der Waals surface area contributed by atoms with Crippen LogP contribution in [0.3, 0.4) is 0 Å². The minimum atomic E-state index is -0.634. The van der Waals surface area contributed by atoms with Crippen LogP contribution in [0.4, 0.5) is 0 Å². The molecule has 0 unspecified atom stereocenters. The summed E-state index contributed by atoms with van der Waals surface area (Å²) in [5, 5.41) is 0. The highest BCUT2D eigenvalue weighted by Gasteiger charge is 2.47. The number of carbonyl (C=O) groups excluding carboxylic acids is 2. The van der Waals surface area contributed by atoms with Gasteiger partial charge in [-0.1, -0.05) is 38.5 Å². The minimum Gasteiger partial charge on any atom is -0.493 e. The normalized spacial score (nSPS) is 16.2. The Balaban J connectivity index is 1.67. The maximum atomic E-state index is 12.9. The van der Waals surface area contributed by atoms with Crippen LogP contribution in [0, 0.1) is 11.3 Å². The Hall–Kier alpha value is -3.02. The maximum absolute atomic E-state index is 12.9. The molecule has 0 heterocycles. The molecule has 0 radical (unpaired) electrons. The predicted molar refractivity (Wildman–Crippen MR) is 125 cm³/mol. The fraction of sp³-hybridized carbons (Fsp3) is 0.481. The van der Waals surface area contributed by atoms with Crippen LogP contribution >= 0.6 is 0 Å². The fourth-order valence-corrected chi connectivity index (χ4v) is 4.51. The number of Topliss-reactive ketones (excluding diaryl/α,β-unsaturated/α-hetero) is 1. The molecule has 0 aliphatic heterocycles. The Morgan fingerprint density at radius 3 is 2.39 bits per heavy atom. The van der Waals surface area contributed by atoms with Crippen LogP contribution in [0.1, 0.15) is 55.5 Å². The van der Waals surface area contributed by atoms with Crippen LogP contribution in [-0.2, 0) is 16.0 Å². The largest absolute Gasteiger partial charge is 0.493 e. The fourth-order valence-electron chi connectivity index (χ4n) is 4.51. The summed E-state index contributed by atoms with van der Waals surface area (Å²) in [4.78, 5) is 24.9. The summed E-state index contributed by atoms with van der Waals surface area (Å²) in [7, 11) is 3.16. The zero-order valence-corrected chi connectivity index (χ0v) is 19.9. The summed E-state index contributed by atoms with van der Waals surface area (Å²) in [6, 6.07) is 9.64. The molecule has 2 aromatic rings. The Bertz CT molecular complexity index is 1050. The molecule has 2 aliphatic carbocycles. The van der Waals surface area contributed by atoms with Gasteiger partial charge in [0.2, 0.25) is 5.75 Å². The molecule has 0 atom stereocenters. The lowest BCUT2D eigenvalue weighted by Gasteiger charge is -2.39. The van der Waals surface area contributed by atoms with Gasteiger partial charge in [-0.25, -0.2) is 0 Å². The first-order valence-corrected chi connectivity index (χ1v) is 11.6. The van der Waals surface area contributed by atoms with Crippen LogP contribution in [0.25, 0.3) is 11.1 Å². The van der Waals surface area contributed by atoms with Gasteiger partial charge in [0.1, 0.15) is 12.0 Å². The highest BCUT2D eigenvalue weighted by atomic mass is 16.5. The van der Waals surface area contributed by atoms with E-state index in [2.05, 4.69) is 0 Å². The molecule has 2 aromatic carbocycles. The molecule has 0 aromatic heterocycles. The van der Waals surface area contributed by atoms with Crippen molar-refractivity contribution in [3.8, 4) is 28.4 Å². The first-order valence-electron chi connectivity index (χ1n) is 11.6. The molecule has 6 nitrogen and oxygen atoms in total. The second-order valence-corrected chi connectivity index (χ2v) is 9.39. The SMILES string of the molecule is COc1ccc(-c2ccc3c(c2)CCC3=O)c(OCC2(C(=O)OCC(C)C)CCC2)c1OC. The summed E-state index contributed by atoms with van der Waals surface area (Å²) >= 11 is 0. The second kappa shape index (κ2) is 9.46. The number of ketones is 1. The van der Waals surface area contributed by atoms with E-state index in [0.717, 1.165) is 47.9 Å². The molecule has 4 rings (SSSR count). The van der Waals surface area contributed by atoms with E-state index in [-0.39, 0.29) is 24.3 Å². The number of rotatable bonds is 9. The third-order valence-corrected chi connectivity index (χ3v) is 6.62. The summed E-state index contributed by atoms with van der Waals surface area (Å²) in [5.74, 6) is 1.84. The van der Waals surface area contributed by atoms with Crippen LogP contribution < -0.4 is 14.2 Å². The lowest BCUT2D eigenvalue weighted by Crippen LogP contribution is -2.44. The lowest BCUT2D eigenvalue weighted by atomic mass is 9.69. The van der Waals surface area contributed by atoms with Gasteiger partial charge in [-0.2, -0.15) is 0 Å². The summed E-state index contributed by atoms with van der Waals surface area (Å²) in [6.07, 6.45) is 3.76. The number of ether oxygens (including phenoxy) is 4. The monoisotopic (exact) mass is 452 g/mol. The van der Waals surface area contributed by atoms with Crippen LogP contribution in [-0.4, -0.2) is 39.2 Å². The third kappa shape index (κ3) is 4.43. The molecule has 0 bridgehead atoms. The van der Waals surface area contributed by atoms with Crippen molar-refractivity contribution in [1.82, 2.24) is 0 Å². The van der Waals surface area contributed by atoms with Gasteiger partial charge in [0.25, 0.3) is 0 Å². The average Bonchev–Trinajstić information content (AvgIpc) is 3.16. The zero-order chi connectivity index (χ0) is 23.6. The highest BCUT2D eigenvalue weighted by Crippen LogP contribution is 2.48. The summed E-state index contributed by atoms with van der Waals surface area (Å²) < 4.78 is 23.1.